The van der Waals surface area contributed by atoms with E-state index < -0.39 is 17.8 Å². The minimum atomic E-state index is -4.42. The van der Waals surface area contributed by atoms with Crippen LogP contribution >= 0.6 is 0 Å². The summed E-state index contributed by atoms with van der Waals surface area (Å²) in [5.41, 5.74) is 0.0572. The predicted octanol–water partition coefficient (Wildman–Crippen LogP) is 4.75. The Morgan fingerprint density at radius 1 is 1.25 bits per heavy atom. The first-order valence-electron chi connectivity index (χ1n) is 9.15. The summed E-state index contributed by atoms with van der Waals surface area (Å²) in [4.78, 5) is 12.4. The first-order chi connectivity index (χ1) is 13.3. The number of carbonyl (C=O) groups is 1. The molecule has 4 nitrogen and oxygen atoms in total. The van der Waals surface area contributed by atoms with Crippen LogP contribution in [-0.2, 0) is 10.9 Å². The van der Waals surface area contributed by atoms with Gasteiger partial charge < -0.3 is 14.8 Å². The topological polar surface area (TPSA) is 47.6 Å². The molecule has 0 saturated carbocycles. The molecule has 0 aliphatic carbocycles. The van der Waals surface area contributed by atoms with Gasteiger partial charge in [-0.1, -0.05) is 12.1 Å². The zero-order valence-corrected chi connectivity index (χ0v) is 15.5. The Bertz CT molecular complexity index is 799. The van der Waals surface area contributed by atoms with Crippen LogP contribution in [0.4, 0.5) is 13.2 Å². The van der Waals surface area contributed by atoms with Crippen molar-refractivity contribution in [2.24, 2.45) is 0 Å². The molecule has 1 N–H and O–H groups in total. The van der Waals surface area contributed by atoms with E-state index in [1.54, 1.807) is 37.3 Å². The summed E-state index contributed by atoms with van der Waals surface area (Å²) in [5, 5.41) is 2.72. The molecular formula is C21H22F3NO3. The molecule has 0 bridgehead atoms. The van der Waals surface area contributed by atoms with Crippen molar-refractivity contribution in [3.63, 3.8) is 0 Å². The highest BCUT2D eigenvalue weighted by Crippen LogP contribution is 2.30. The first-order valence-corrected chi connectivity index (χ1v) is 9.15. The van der Waals surface area contributed by atoms with Crippen LogP contribution in [0.2, 0.25) is 0 Å². The summed E-state index contributed by atoms with van der Waals surface area (Å²) in [5.74, 6) is 0.272. The highest BCUT2D eigenvalue weighted by molar-refractivity contribution is 5.94. The van der Waals surface area contributed by atoms with Gasteiger partial charge in [0.25, 0.3) is 5.91 Å². The molecule has 1 saturated heterocycles. The van der Waals surface area contributed by atoms with Crippen molar-refractivity contribution in [2.75, 3.05) is 13.2 Å². The van der Waals surface area contributed by atoms with Crippen molar-refractivity contribution in [3.8, 4) is 5.75 Å². The van der Waals surface area contributed by atoms with Crippen LogP contribution in [-0.4, -0.2) is 25.2 Å². The molecule has 0 radical (unpaired) electrons. The van der Waals surface area contributed by atoms with Crippen LogP contribution < -0.4 is 10.1 Å². The van der Waals surface area contributed by atoms with E-state index >= 15 is 0 Å². The summed E-state index contributed by atoms with van der Waals surface area (Å²) < 4.78 is 49.7. The highest BCUT2D eigenvalue weighted by Gasteiger charge is 2.30. The maximum atomic E-state index is 12.9. The van der Waals surface area contributed by atoms with E-state index in [2.05, 4.69) is 5.32 Å². The van der Waals surface area contributed by atoms with Crippen LogP contribution in [0.5, 0.6) is 5.75 Å². The third-order valence-corrected chi connectivity index (χ3v) is 4.64. The number of ether oxygens (including phenoxy) is 2. The normalized spacial score (nSPS) is 17.9. The standard InChI is InChI=1S/C21H22F3NO3/c1-14(16-4-2-5-17(12-16)21(22,23)24)25-20(26)15-7-9-18(10-8-15)28-13-19-6-3-11-27-19/h2,4-5,7-10,12,14,19H,3,6,11,13H2,1H3,(H,25,26). The average Bonchev–Trinajstić information content (AvgIpc) is 3.20. The quantitative estimate of drug-likeness (QED) is 0.770. The highest BCUT2D eigenvalue weighted by atomic mass is 19.4. The second-order valence-corrected chi connectivity index (χ2v) is 6.79. The molecule has 2 unspecified atom stereocenters. The van der Waals surface area contributed by atoms with Gasteiger partial charge in [-0.15, -0.1) is 0 Å². The Morgan fingerprint density at radius 3 is 2.64 bits per heavy atom. The van der Waals surface area contributed by atoms with E-state index in [0.717, 1.165) is 31.6 Å². The van der Waals surface area contributed by atoms with Gasteiger partial charge in [0.2, 0.25) is 0 Å². The van der Waals surface area contributed by atoms with Gasteiger partial charge >= 0.3 is 6.18 Å². The van der Waals surface area contributed by atoms with Gasteiger partial charge in [0.05, 0.1) is 17.7 Å². The first kappa shape index (κ1) is 20.2. The van der Waals surface area contributed by atoms with E-state index in [9.17, 15) is 18.0 Å². The van der Waals surface area contributed by atoms with Crippen LogP contribution in [0.1, 0.15) is 47.3 Å². The summed E-state index contributed by atoms with van der Waals surface area (Å²) in [6.45, 7) is 2.88. The summed E-state index contributed by atoms with van der Waals surface area (Å²) in [6, 6.07) is 11.0. The number of hydrogen-bond donors (Lipinski definition) is 1. The Balaban J connectivity index is 1.58. The lowest BCUT2D eigenvalue weighted by Crippen LogP contribution is -2.26. The Hall–Kier alpha value is -2.54. The number of nitrogens with one attached hydrogen (secondary N) is 1. The SMILES string of the molecule is CC(NC(=O)c1ccc(OCC2CCCO2)cc1)c1cccc(C(F)(F)F)c1. The van der Waals surface area contributed by atoms with Gasteiger partial charge in [0.15, 0.2) is 0 Å². The van der Waals surface area contributed by atoms with Crippen molar-refractivity contribution < 1.29 is 27.4 Å². The molecule has 2 aromatic carbocycles. The van der Waals surface area contributed by atoms with E-state index in [1.165, 1.54) is 6.07 Å². The summed E-state index contributed by atoms with van der Waals surface area (Å²) >= 11 is 0. The number of amides is 1. The Morgan fingerprint density at radius 2 is 2.00 bits per heavy atom. The van der Waals surface area contributed by atoms with Crippen LogP contribution in [0, 0.1) is 0 Å². The van der Waals surface area contributed by atoms with Crippen molar-refractivity contribution >= 4 is 5.91 Å². The average molecular weight is 393 g/mol. The predicted molar refractivity (Wildman–Crippen MR) is 98.2 cm³/mol. The molecule has 0 aromatic heterocycles. The third kappa shape index (κ3) is 5.25. The molecule has 1 fully saturated rings. The van der Waals surface area contributed by atoms with Gasteiger partial charge in [-0.05, 0) is 61.7 Å². The van der Waals surface area contributed by atoms with Gasteiger partial charge in [-0.2, -0.15) is 13.2 Å². The van der Waals surface area contributed by atoms with Gasteiger partial charge in [-0.3, -0.25) is 4.79 Å². The lowest BCUT2D eigenvalue weighted by molar-refractivity contribution is -0.137. The van der Waals surface area contributed by atoms with Crippen LogP contribution in [0.15, 0.2) is 48.5 Å². The van der Waals surface area contributed by atoms with E-state index in [1.807, 2.05) is 0 Å². The second kappa shape index (κ2) is 8.65. The van der Waals surface area contributed by atoms with E-state index in [4.69, 9.17) is 9.47 Å². The molecule has 0 spiro atoms. The summed E-state index contributed by atoms with van der Waals surface area (Å²) in [7, 11) is 0. The molecule has 150 valence electrons. The molecule has 1 heterocycles. The zero-order valence-electron chi connectivity index (χ0n) is 15.5. The molecule has 3 rings (SSSR count). The minimum absolute atomic E-state index is 0.108. The second-order valence-electron chi connectivity index (χ2n) is 6.79. The van der Waals surface area contributed by atoms with Gasteiger partial charge in [0, 0.05) is 12.2 Å². The van der Waals surface area contributed by atoms with Crippen LogP contribution in [0.3, 0.4) is 0 Å². The lowest BCUT2D eigenvalue weighted by Gasteiger charge is -2.16. The molecular weight excluding hydrogens is 371 g/mol. The number of rotatable bonds is 6. The van der Waals surface area contributed by atoms with E-state index in [-0.39, 0.29) is 12.0 Å². The Labute approximate surface area is 161 Å². The number of hydrogen-bond acceptors (Lipinski definition) is 3. The summed E-state index contributed by atoms with van der Waals surface area (Å²) in [6.07, 6.45) is -2.29. The molecule has 28 heavy (non-hydrogen) atoms. The van der Waals surface area contributed by atoms with Crippen molar-refractivity contribution in [3.05, 3.63) is 65.2 Å². The fourth-order valence-corrected chi connectivity index (χ4v) is 3.02. The fraction of sp³-hybridized carbons (Fsp3) is 0.381. The Kier molecular flexibility index (Phi) is 6.24. The number of halogens is 3. The minimum Gasteiger partial charge on any atom is -0.491 e. The van der Waals surface area contributed by atoms with Gasteiger partial charge in [0.1, 0.15) is 12.4 Å². The van der Waals surface area contributed by atoms with Crippen LogP contribution in [0.25, 0.3) is 0 Å². The van der Waals surface area contributed by atoms with Crippen molar-refractivity contribution in [2.45, 2.75) is 38.1 Å². The number of carbonyl (C=O) groups excluding carboxylic acids is 1. The number of benzene rings is 2. The maximum absolute atomic E-state index is 12.9. The maximum Gasteiger partial charge on any atom is 0.416 e. The smallest absolute Gasteiger partial charge is 0.416 e. The molecule has 2 atom stereocenters. The zero-order chi connectivity index (χ0) is 20.1. The largest absolute Gasteiger partial charge is 0.491 e. The number of alkyl halides is 3. The third-order valence-electron chi connectivity index (χ3n) is 4.64. The molecule has 1 aliphatic rings. The molecule has 1 aliphatic heterocycles. The molecule has 7 heteroatoms. The van der Waals surface area contributed by atoms with Gasteiger partial charge in [-0.25, -0.2) is 0 Å². The van der Waals surface area contributed by atoms with E-state index in [0.29, 0.717) is 23.5 Å². The van der Waals surface area contributed by atoms with Crippen molar-refractivity contribution in [1.29, 1.82) is 0 Å². The van der Waals surface area contributed by atoms with Crippen molar-refractivity contribution in [1.82, 2.24) is 5.32 Å². The lowest BCUT2D eigenvalue weighted by atomic mass is 10.0. The molecule has 1 amide bonds. The molecule has 2 aromatic rings. The monoisotopic (exact) mass is 393 g/mol. The fourth-order valence-electron chi connectivity index (χ4n) is 3.02.